The van der Waals surface area contributed by atoms with Crippen LogP contribution < -0.4 is 5.73 Å². The van der Waals surface area contributed by atoms with E-state index >= 15 is 0 Å². The molecule has 4 nitrogen and oxygen atoms in total. The molecule has 0 aliphatic heterocycles. The number of aromatic nitrogens is 1. The second kappa shape index (κ2) is 5.95. The maximum atomic E-state index is 13.2. The fourth-order valence-electron chi connectivity index (χ4n) is 2.74. The van der Waals surface area contributed by atoms with E-state index in [9.17, 15) is 13.6 Å². The number of rotatable bonds is 3. The molecule has 0 spiro atoms. The van der Waals surface area contributed by atoms with Gasteiger partial charge >= 0.3 is 5.97 Å². The highest BCUT2D eigenvalue weighted by molar-refractivity contribution is 5.95. The van der Waals surface area contributed by atoms with E-state index in [1.54, 1.807) is 19.9 Å². The first kappa shape index (κ1) is 15.7. The first-order valence-corrected chi connectivity index (χ1v) is 7.16. The van der Waals surface area contributed by atoms with Crippen molar-refractivity contribution >= 4 is 11.8 Å². The molecule has 2 rings (SSSR count). The van der Waals surface area contributed by atoms with Crippen molar-refractivity contribution in [1.29, 1.82) is 0 Å². The number of aryl methyl sites for hydroxylation is 1. The van der Waals surface area contributed by atoms with Crippen LogP contribution >= 0.6 is 0 Å². The van der Waals surface area contributed by atoms with Gasteiger partial charge in [-0.25, -0.2) is 18.6 Å². The maximum absolute atomic E-state index is 13.2. The summed E-state index contributed by atoms with van der Waals surface area (Å²) in [7, 11) is 0. The van der Waals surface area contributed by atoms with Crippen LogP contribution in [0.4, 0.5) is 14.6 Å². The normalized spacial score (nSPS) is 18.5. The van der Waals surface area contributed by atoms with Crippen LogP contribution in [0.1, 0.15) is 60.1 Å². The van der Waals surface area contributed by atoms with Crippen molar-refractivity contribution in [3.63, 3.8) is 0 Å². The van der Waals surface area contributed by atoms with E-state index in [0.29, 0.717) is 24.1 Å². The summed E-state index contributed by atoms with van der Waals surface area (Å²) in [4.78, 5) is 16.1. The zero-order valence-electron chi connectivity index (χ0n) is 12.3. The number of carbonyl (C=O) groups excluding carboxylic acids is 1. The maximum Gasteiger partial charge on any atom is 0.342 e. The molecule has 1 aliphatic rings. The van der Waals surface area contributed by atoms with E-state index in [4.69, 9.17) is 10.5 Å². The summed E-state index contributed by atoms with van der Waals surface area (Å²) in [5, 5.41) is 0. The number of carbonyl (C=O) groups is 1. The molecule has 0 bridgehead atoms. The van der Waals surface area contributed by atoms with Crippen LogP contribution in [0.5, 0.6) is 0 Å². The first-order chi connectivity index (χ1) is 9.84. The minimum atomic E-state index is -2.57. The Hall–Kier alpha value is -1.72. The third-order valence-electron chi connectivity index (χ3n) is 3.88. The van der Waals surface area contributed by atoms with Gasteiger partial charge in [0.15, 0.2) is 0 Å². The van der Waals surface area contributed by atoms with Crippen molar-refractivity contribution < 1.29 is 18.3 Å². The number of hydrogen-bond acceptors (Lipinski definition) is 4. The van der Waals surface area contributed by atoms with Gasteiger partial charge in [-0.3, -0.25) is 0 Å². The molecule has 2 N–H and O–H groups in total. The number of ether oxygens (including phenoxy) is 1. The molecule has 1 fully saturated rings. The lowest BCUT2D eigenvalue weighted by atomic mass is 9.84. The second-order valence-corrected chi connectivity index (χ2v) is 5.47. The summed E-state index contributed by atoms with van der Waals surface area (Å²) in [6.45, 7) is 3.73. The number of anilines is 1. The number of nitrogens with two attached hydrogens (primary N) is 1. The molecular weight excluding hydrogens is 278 g/mol. The van der Waals surface area contributed by atoms with E-state index in [0.717, 1.165) is 0 Å². The number of esters is 1. The van der Waals surface area contributed by atoms with Crippen LogP contribution in [0.15, 0.2) is 6.07 Å². The van der Waals surface area contributed by atoms with Gasteiger partial charge in [-0.2, -0.15) is 0 Å². The molecule has 21 heavy (non-hydrogen) atoms. The molecular formula is C15H20F2N2O2. The summed E-state index contributed by atoms with van der Waals surface area (Å²) in [6, 6.07) is 1.76. The van der Waals surface area contributed by atoms with Gasteiger partial charge < -0.3 is 10.5 Å². The van der Waals surface area contributed by atoms with Gasteiger partial charge in [0.25, 0.3) is 0 Å². The van der Waals surface area contributed by atoms with Gasteiger partial charge in [0.05, 0.1) is 6.61 Å². The minimum absolute atomic E-state index is 0.0260. The topological polar surface area (TPSA) is 65.2 Å². The van der Waals surface area contributed by atoms with Crippen molar-refractivity contribution in [3.05, 3.63) is 22.9 Å². The molecule has 6 heteroatoms. The third kappa shape index (κ3) is 3.49. The lowest BCUT2D eigenvalue weighted by molar-refractivity contribution is -0.0384. The Morgan fingerprint density at radius 1 is 1.48 bits per heavy atom. The van der Waals surface area contributed by atoms with E-state index in [2.05, 4.69) is 4.98 Å². The van der Waals surface area contributed by atoms with Crippen molar-refractivity contribution in [2.75, 3.05) is 12.3 Å². The lowest BCUT2D eigenvalue weighted by Gasteiger charge is -2.28. The summed E-state index contributed by atoms with van der Waals surface area (Å²) in [5.74, 6) is -2.98. The van der Waals surface area contributed by atoms with Crippen LogP contribution in [-0.2, 0) is 4.74 Å². The van der Waals surface area contributed by atoms with Crippen molar-refractivity contribution in [2.24, 2.45) is 0 Å². The quantitative estimate of drug-likeness (QED) is 0.868. The molecule has 0 unspecified atom stereocenters. The third-order valence-corrected chi connectivity index (χ3v) is 3.88. The average molecular weight is 298 g/mol. The Morgan fingerprint density at radius 2 is 2.10 bits per heavy atom. The Kier molecular flexibility index (Phi) is 4.44. The Balaban J connectivity index is 2.22. The largest absolute Gasteiger partial charge is 0.462 e. The van der Waals surface area contributed by atoms with Crippen molar-refractivity contribution in [1.82, 2.24) is 4.98 Å². The van der Waals surface area contributed by atoms with Crippen LogP contribution in [0.3, 0.4) is 0 Å². The highest BCUT2D eigenvalue weighted by atomic mass is 19.3. The standard InChI is InChI=1S/C15H20F2N2O2/c1-3-21-14(20)12-9(2)8-11(19-13(12)18)10-4-6-15(16,17)7-5-10/h8,10H,3-7H2,1-2H3,(H2,18,19). The summed E-state index contributed by atoms with van der Waals surface area (Å²) >= 11 is 0. The van der Waals surface area contributed by atoms with E-state index < -0.39 is 11.9 Å². The Bertz CT molecular complexity index is 513. The highest BCUT2D eigenvalue weighted by Crippen LogP contribution is 2.40. The molecule has 0 aromatic carbocycles. The van der Waals surface area contributed by atoms with Gasteiger partial charge in [0.1, 0.15) is 11.4 Å². The Morgan fingerprint density at radius 3 is 2.62 bits per heavy atom. The zero-order valence-corrected chi connectivity index (χ0v) is 12.3. The molecule has 1 aromatic heterocycles. The zero-order chi connectivity index (χ0) is 15.6. The number of pyridine rings is 1. The van der Waals surface area contributed by atoms with Crippen LogP contribution in [0.25, 0.3) is 0 Å². The first-order valence-electron chi connectivity index (χ1n) is 7.16. The van der Waals surface area contributed by atoms with Crippen LogP contribution in [-0.4, -0.2) is 23.5 Å². The fourth-order valence-corrected chi connectivity index (χ4v) is 2.74. The number of alkyl halides is 2. The van der Waals surface area contributed by atoms with Gasteiger partial charge in [0.2, 0.25) is 5.92 Å². The monoisotopic (exact) mass is 298 g/mol. The molecule has 1 aliphatic carbocycles. The van der Waals surface area contributed by atoms with Crippen molar-refractivity contribution in [2.45, 2.75) is 51.4 Å². The number of nitrogens with zero attached hydrogens (tertiary/aromatic N) is 1. The molecule has 1 saturated carbocycles. The highest BCUT2D eigenvalue weighted by Gasteiger charge is 2.36. The fraction of sp³-hybridized carbons (Fsp3) is 0.600. The van der Waals surface area contributed by atoms with Gasteiger partial charge in [0, 0.05) is 24.5 Å². The van der Waals surface area contributed by atoms with E-state index in [1.165, 1.54) is 0 Å². The van der Waals surface area contributed by atoms with Crippen molar-refractivity contribution in [3.8, 4) is 0 Å². The molecule has 0 amide bonds. The predicted octanol–water partition coefficient (Wildman–Crippen LogP) is 3.44. The predicted molar refractivity (Wildman–Crippen MR) is 75.5 cm³/mol. The smallest absolute Gasteiger partial charge is 0.342 e. The summed E-state index contributed by atoms with van der Waals surface area (Å²) < 4.78 is 31.3. The number of hydrogen-bond donors (Lipinski definition) is 1. The molecule has 0 saturated heterocycles. The molecule has 1 heterocycles. The lowest BCUT2D eigenvalue weighted by Crippen LogP contribution is -2.24. The summed E-state index contributed by atoms with van der Waals surface area (Å²) in [5.41, 5.74) is 7.48. The Labute approximate surface area is 122 Å². The molecule has 0 radical (unpaired) electrons. The molecule has 1 aromatic rings. The van der Waals surface area contributed by atoms with E-state index in [-0.39, 0.29) is 36.7 Å². The SMILES string of the molecule is CCOC(=O)c1c(C)cc(C2CCC(F)(F)CC2)nc1N. The van der Waals surface area contributed by atoms with Gasteiger partial charge in [-0.05, 0) is 38.3 Å². The second-order valence-electron chi connectivity index (χ2n) is 5.47. The van der Waals surface area contributed by atoms with E-state index in [1.807, 2.05) is 0 Å². The van der Waals surface area contributed by atoms with Gasteiger partial charge in [-0.15, -0.1) is 0 Å². The summed E-state index contributed by atoms with van der Waals surface area (Å²) in [6.07, 6.45) is 0.519. The molecule has 116 valence electrons. The minimum Gasteiger partial charge on any atom is -0.462 e. The average Bonchev–Trinajstić information content (AvgIpc) is 2.38. The molecule has 0 atom stereocenters. The number of nitrogen functional groups attached to an aromatic ring is 1. The van der Waals surface area contributed by atoms with Crippen LogP contribution in [0.2, 0.25) is 0 Å². The van der Waals surface area contributed by atoms with Gasteiger partial charge in [-0.1, -0.05) is 0 Å². The van der Waals surface area contributed by atoms with Crippen LogP contribution in [0, 0.1) is 6.92 Å². The number of halogens is 2.